The molecule has 3 nitrogen and oxygen atoms in total. The largest absolute Gasteiger partial charge is 0.497 e. The number of carbonyl (C=O) groups excluding carboxylic acids is 1. The van der Waals surface area contributed by atoms with Gasteiger partial charge in [-0.25, -0.2) is 0 Å². The minimum atomic E-state index is 0.314. The van der Waals surface area contributed by atoms with Crippen molar-refractivity contribution < 1.29 is 9.53 Å². The van der Waals surface area contributed by atoms with E-state index in [1.165, 1.54) is 5.56 Å². The van der Waals surface area contributed by atoms with Crippen LogP contribution < -0.4 is 4.74 Å². The van der Waals surface area contributed by atoms with Crippen LogP contribution in [0.1, 0.15) is 18.4 Å². The molecule has 1 fully saturated rings. The predicted octanol–water partition coefficient (Wildman–Crippen LogP) is 2.59. The van der Waals surface area contributed by atoms with Gasteiger partial charge in [0.25, 0.3) is 0 Å². The predicted molar refractivity (Wildman–Crippen MR) is 79.8 cm³/mol. The Balaban J connectivity index is 1.71. The second-order valence-corrected chi connectivity index (χ2v) is 5.92. The summed E-state index contributed by atoms with van der Waals surface area (Å²) in [6.07, 6.45) is 2.55. The molecule has 1 aliphatic heterocycles. The molecule has 19 heavy (non-hydrogen) atoms. The summed E-state index contributed by atoms with van der Waals surface area (Å²) in [5, 5.41) is 0. The van der Waals surface area contributed by atoms with Crippen LogP contribution in [0, 0.1) is 0 Å². The Labute approximate surface area is 119 Å². The van der Waals surface area contributed by atoms with Gasteiger partial charge >= 0.3 is 0 Å². The van der Waals surface area contributed by atoms with E-state index in [9.17, 15) is 4.79 Å². The standard InChI is InChI=1S/C15H21NO2S/c1-18-14-7-5-13(6-8-14)3-2-4-15(17)16-9-11-19-12-10-16/h5-8H,2-4,9-12H2,1H3. The number of rotatable bonds is 5. The number of carbonyl (C=O) groups is 1. The van der Waals surface area contributed by atoms with Gasteiger partial charge in [-0.05, 0) is 30.5 Å². The van der Waals surface area contributed by atoms with E-state index < -0.39 is 0 Å². The molecule has 0 N–H and O–H groups in total. The first kappa shape index (κ1) is 14.3. The van der Waals surface area contributed by atoms with E-state index in [1.807, 2.05) is 28.8 Å². The average molecular weight is 279 g/mol. The zero-order chi connectivity index (χ0) is 13.5. The van der Waals surface area contributed by atoms with Crippen molar-refractivity contribution in [3.63, 3.8) is 0 Å². The quantitative estimate of drug-likeness (QED) is 0.830. The van der Waals surface area contributed by atoms with Gasteiger partial charge < -0.3 is 9.64 Å². The average Bonchev–Trinajstić information content (AvgIpc) is 2.49. The maximum atomic E-state index is 12.0. The van der Waals surface area contributed by atoms with Crippen LogP contribution in [-0.4, -0.2) is 42.5 Å². The Morgan fingerprint density at radius 3 is 2.58 bits per heavy atom. The fraction of sp³-hybridized carbons (Fsp3) is 0.533. The van der Waals surface area contributed by atoms with Crippen molar-refractivity contribution in [2.75, 3.05) is 31.7 Å². The van der Waals surface area contributed by atoms with Gasteiger partial charge in [-0.3, -0.25) is 4.79 Å². The van der Waals surface area contributed by atoms with Crippen molar-refractivity contribution in [3.8, 4) is 5.75 Å². The molecule has 1 aliphatic rings. The normalized spacial score (nSPS) is 15.3. The molecule has 4 heteroatoms. The summed E-state index contributed by atoms with van der Waals surface area (Å²) in [6.45, 7) is 1.85. The minimum Gasteiger partial charge on any atom is -0.497 e. The van der Waals surface area contributed by atoms with Gasteiger partial charge in [-0.1, -0.05) is 12.1 Å². The van der Waals surface area contributed by atoms with Gasteiger partial charge in [0.05, 0.1) is 7.11 Å². The number of nitrogens with zero attached hydrogens (tertiary/aromatic N) is 1. The van der Waals surface area contributed by atoms with Gasteiger partial charge in [0, 0.05) is 31.0 Å². The molecule has 0 aromatic heterocycles. The Morgan fingerprint density at radius 1 is 1.26 bits per heavy atom. The third kappa shape index (κ3) is 4.46. The number of aryl methyl sites for hydroxylation is 1. The molecule has 1 amide bonds. The van der Waals surface area contributed by atoms with Gasteiger partial charge in [-0.15, -0.1) is 0 Å². The molecule has 0 aliphatic carbocycles. The minimum absolute atomic E-state index is 0.314. The van der Waals surface area contributed by atoms with E-state index in [1.54, 1.807) is 7.11 Å². The van der Waals surface area contributed by atoms with Crippen LogP contribution in [0.4, 0.5) is 0 Å². The van der Waals surface area contributed by atoms with Crippen LogP contribution in [0.5, 0.6) is 5.75 Å². The van der Waals surface area contributed by atoms with E-state index in [4.69, 9.17) is 4.74 Å². The third-order valence-corrected chi connectivity index (χ3v) is 4.32. The van der Waals surface area contributed by atoms with Crippen molar-refractivity contribution in [1.82, 2.24) is 4.90 Å². The first-order chi connectivity index (χ1) is 9.29. The third-order valence-electron chi connectivity index (χ3n) is 3.38. The second kappa shape index (κ2) is 7.43. The molecule has 0 atom stereocenters. The lowest BCUT2D eigenvalue weighted by Crippen LogP contribution is -2.37. The summed E-state index contributed by atoms with van der Waals surface area (Å²) in [5.41, 5.74) is 1.27. The summed E-state index contributed by atoms with van der Waals surface area (Å²) < 4.78 is 5.13. The number of amides is 1. The highest BCUT2D eigenvalue weighted by molar-refractivity contribution is 7.99. The van der Waals surface area contributed by atoms with Gasteiger partial charge in [-0.2, -0.15) is 11.8 Å². The number of methoxy groups -OCH3 is 1. The molecule has 0 saturated carbocycles. The van der Waals surface area contributed by atoms with Crippen LogP contribution in [0.2, 0.25) is 0 Å². The zero-order valence-corrected chi connectivity index (χ0v) is 12.2. The summed E-state index contributed by atoms with van der Waals surface area (Å²) >= 11 is 1.93. The first-order valence-electron chi connectivity index (χ1n) is 6.78. The van der Waals surface area contributed by atoms with Gasteiger partial charge in [0.1, 0.15) is 5.75 Å². The topological polar surface area (TPSA) is 29.5 Å². The van der Waals surface area contributed by atoms with Crippen LogP contribution in [0.25, 0.3) is 0 Å². The highest BCUT2D eigenvalue weighted by atomic mass is 32.2. The van der Waals surface area contributed by atoms with E-state index >= 15 is 0 Å². The first-order valence-corrected chi connectivity index (χ1v) is 7.93. The van der Waals surface area contributed by atoms with Crippen molar-refractivity contribution in [1.29, 1.82) is 0 Å². The molecule has 0 spiro atoms. The maximum absolute atomic E-state index is 12.0. The van der Waals surface area contributed by atoms with Crippen molar-refractivity contribution in [2.24, 2.45) is 0 Å². The molecule has 2 rings (SSSR count). The van der Waals surface area contributed by atoms with Gasteiger partial charge in [0.15, 0.2) is 0 Å². The van der Waals surface area contributed by atoms with Crippen LogP contribution in [-0.2, 0) is 11.2 Å². The van der Waals surface area contributed by atoms with E-state index in [2.05, 4.69) is 12.1 Å². The molecule has 0 bridgehead atoms. The maximum Gasteiger partial charge on any atom is 0.222 e. The Morgan fingerprint density at radius 2 is 1.95 bits per heavy atom. The Kier molecular flexibility index (Phi) is 5.58. The van der Waals surface area contributed by atoms with E-state index in [0.29, 0.717) is 12.3 Å². The molecule has 0 radical (unpaired) electrons. The lowest BCUT2D eigenvalue weighted by atomic mass is 10.1. The second-order valence-electron chi connectivity index (χ2n) is 4.69. The Hall–Kier alpha value is -1.16. The van der Waals surface area contributed by atoms with E-state index in [0.717, 1.165) is 43.2 Å². The molecule has 1 aromatic rings. The van der Waals surface area contributed by atoms with Crippen molar-refractivity contribution >= 4 is 17.7 Å². The van der Waals surface area contributed by atoms with Crippen LogP contribution in [0.3, 0.4) is 0 Å². The molecule has 1 heterocycles. The van der Waals surface area contributed by atoms with Crippen LogP contribution in [0.15, 0.2) is 24.3 Å². The van der Waals surface area contributed by atoms with Crippen molar-refractivity contribution in [3.05, 3.63) is 29.8 Å². The molecular formula is C15H21NO2S. The Bertz CT molecular complexity index is 399. The highest BCUT2D eigenvalue weighted by Crippen LogP contribution is 2.14. The SMILES string of the molecule is COc1ccc(CCCC(=O)N2CCSCC2)cc1. The van der Waals surface area contributed by atoms with E-state index in [-0.39, 0.29) is 0 Å². The fourth-order valence-corrected chi connectivity index (χ4v) is 3.11. The molecule has 1 saturated heterocycles. The number of hydrogen-bond donors (Lipinski definition) is 0. The summed E-state index contributed by atoms with van der Waals surface area (Å²) in [7, 11) is 1.67. The smallest absolute Gasteiger partial charge is 0.222 e. The number of hydrogen-bond acceptors (Lipinski definition) is 3. The molecule has 1 aromatic carbocycles. The van der Waals surface area contributed by atoms with Crippen LogP contribution >= 0.6 is 11.8 Å². The number of ether oxygens (including phenoxy) is 1. The lowest BCUT2D eigenvalue weighted by molar-refractivity contribution is -0.130. The summed E-state index contributed by atoms with van der Waals surface area (Å²) in [5.74, 6) is 3.37. The number of thioether (sulfide) groups is 1. The summed E-state index contributed by atoms with van der Waals surface area (Å²) in [6, 6.07) is 8.08. The molecule has 104 valence electrons. The highest BCUT2D eigenvalue weighted by Gasteiger charge is 2.15. The summed E-state index contributed by atoms with van der Waals surface area (Å²) in [4.78, 5) is 14.0. The monoisotopic (exact) mass is 279 g/mol. The molecule has 0 unspecified atom stereocenters. The fourth-order valence-electron chi connectivity index (χ4n) is 2.21. The zero-order valence-electron chi connectivity index (χ0n) is 11.4. The van der Waals surface area contributed by atoms with Gasteiger partial charge in [0.2, 0.25) is 5.91 Å². The lowest BCUT2D eigenvalue weighted by Gasteiger charge is -2.26. The van der Waals surface area contributed by atoms with Crippen molar-refractivity contribution in [2.45, 2.75) is 19.3 Å². The number of benzene rings is 1. The molecular weight excluding hydrogens is 258 g/mol.